The number of rotatable bonds is 6. The summed E-state index contributed by atoms with van der Waals surface area (Å²) in [7, 11) is 0. The molecular weight excluding hydrogens is 290 g/mol. The van der Waals surface area contributed by atoms with Gasteiger partial charge in [0.25, 0.3) is 0 Å². The molecule has 0 fully saturated rings. The summed E-state index contributed by atoms with van der Waals surface area (Å²) >= 11 is 0. The number of hydrogen-bond donors (Lipinski definition) is 1. The Balaban J connectivity index is 1.53. The summed E-state index contributed by atoms with van der Waals surface area (Å²) in [4.78, 5) is 16.1. The van der Waals surface area contributed by atoms with E-state index in [-0.39, 0.29) is 11.9 Å². The standard InChI is InChI=1S/C17H19N5O/c1-14(12-21-10-8-18-13-21)20-17(23)11-15-3-5-16(6-4-15)22-9-2-7-19-22/h2-10,13-14H,11-12H2,1H3,(H,20,23). The molecule has 2 heterocycles. The van der Waals surface area contributed by atoms with Gasteiger partial charge in [0.05, 0.1) is 18.4 Å². The normalized spacial score (nSPS) is 12.0. The first kappa shape index (κ1) is 15.0. The maximum absolute atomic E-state index is 12.1. The Morgan fingerprint density at radius 1 is 1.22 bits per heavy atom. The molecule has 3 rings (SSSR count). The first-order valence-corrected chi connectivity index (χ1v) is 7.55. The molecular formula is C17H19N5O. The zero-order valence-electron chi connectivity index (χ0n) is 13.0. The number of benzene rings is 1. The number of carbonyl (C=O) groups is 1. The highest BCUT2D eigenvalue weighted by Gasteiger charge is 2.09. The van der Waals surface area contributed by atoms with Crippen LogP contribution in [0.25, 0.3) is 5.69 Å². The van der Waals surface area contributed by atoms with Crippen molar-refractivity contribution < 1.29 is 4.79 Å². The zero-order valence-corrected chi connectivity index (χ0v) is 13.0. The van der Waals surface area contributed by atoms with Gasteiger partial charge in [0, 0.05) is 37.4 Å². The van der Waals surface area contributed by atoms with Gasteiger partial charge in [-0.2, -0.15) is 5.10 Å². The van der Waals surface area contributed by atoms with Gasteiger partial charge in [-0.3, -0.25) is 4.79 Å². The van der Waals surface area contributed by atoms with Crippen LogP contribution >= 0.6 is 0 Å². The third kappa shape index (κ3) is 4.06. The second-order valence-corrected chi connectivity index (χ2v) is 5.52. The molecule has 0 aliphatic heterocycles. The number of nitrogens with zero attached hydrogens (tertiary/aromatic N) is 4. The van der Waals surface area contributed by atoms with Crippen LogP contribution in [0, 0.1) is 0 Å². The smallest absolute Gasteiger partial charge is 0.224 e. The molecule has 0 spiro atoms. The Kier molecular flexibility index (Phi) is 4.52. The maximum Gasteiger partial charge on any atom is 0.224 e. The van der Waals surface area contributed by atoms with E-state index in [1.54, 1.807) is 23.4 Å². The molecule has 0 saturated carbocycles. The highest BCUT2D eigenvalue weighted by molar-refractivity contribution is 5.78. The molecule has 3 aromatic rings. The number of imidazole rings is 1. The fourth-order valence-corrected chi connectivity index (χ4v) is 2.46. The molecule has 0 saturated heterocycles. The Labute approximate surface area is 134 Å². The Hall–Kier alpha value is -2.89. The van der Waals surface area contributed by atoms with E-state index in [2.05, 4.69) is 15.4 Å². The lowest BCUT2D eigenvalue weighted by atomic mass is 10.1. The molecule has 1 aromatic carbocycles. The van der Waals surface area contributed by atoms with Crippen LogP contribution in [0.1, 0.15) is 12.5 Å². The van der Waals surface area contributed by atoms with Crippen LogP contribution in [-0.2, 0) is 17.8 Å². The summed E-state index contributed by atoms with van der Waals surface area (Å²) in [5.74, 6) is 0.0180. The number of carbonyl (C=O) groups excluding carboxylic acids is 1. The van der Waals surface area contributed by atoms with Crippen LogP contribution in [0.4, 0.5) is 0 Å². The zero-order chi connectivity index (χ0) is 16.1. The number of amides is 1. The van der Waals surface area contributed by atoms with E-state index in [1.807, 2.05) is 54.2 Å². The van der Waals surface area contributed by atoms with Gasteiger partial charge >= 0.3 is 0 Å². The van der Waals surface area contributed by atoms with E-state index in [9.17, 15) is 4.79 Å². The fourth-order valence-electron chi connectivity index (χ4n) is 2.46. The van der Waals surface area contributed by atoms with E-state index in [0.717, 1.165) is 11.3 Å². The largest absolute Gasteiger partial charge is 0.352 e. The fraction of sp³-hybridized carbons (Fsp3) is 0.235. The summed E-state index contributed by atoms with van der Waals surface area (Å²) < 4.78 is 3.74. The van der Waals surface area contributed by atoms with Crippen LogP contribution < -0.4 is 5.32 Å². The third-order valence-electron chi connectivity index (χ3n) is 3.52. The lowest BCUT2D eigenvalue weighted by Gasteiger charge is -2.14. The van der Waals surface area contributed by atoms with Crippen molar-refractivity contribution in [3.8, 4) is 5.69 Å². The third-order valence-corrected chi connectivity index (χ3v) is 3.52. The minimum Gasteiger partial charge on any atom is -0.352 e. The molecule has 0 aliphatic carbocycles. The van der Waals surface area contributed by atoms with E-state index in [0.29, 0.717) is 13.0 Å². The number of nitrogens with one attached hydrogen (secondary N) is 1. The van der Waals surface area contributed by atoms with Crippen molar-refractivity contribution in [2.45, 2.75) is 25.9 Å². The summed E-state index contributed by atoms with van der Waals surface area (Å²) in [5.41, 5.74) is 1.96. The lowest BCUT2D eigenvalue weighted by molar-refractivity contribution is -0.121. The van der Waals surface area contributed by atoms with Gasteiger partial charge in [-0.15, -0.1) is 0 Å². The highest BCUT2D eigenvalue weighted by Crippen LogP contribution is 2.09. The SMILES string of the molecule is CC(Cn1ccnc1)NC(=O)Cc1ccc(-n2cccn2)cc1. The topological polar surface area (TPSA) is 64.7 Å². The quantitative estimate of drug-likeness (QED) is 0.755. The lowest BCUT2D eigenvalue weighted by Crippen LogP contribution is -2.36. The Morgan fingerprint density at radius 2 is 2.04 bits per heavy atom. The molecule has 1 atom stereocenters. The van der Waals surface area contributed by atoms with Crippen molar-refractivity contribution in [1.82, 2.24) is 24.6 Å². The molecule has 23 heavy (non-hydrogen) atoms. The summed E-state index contributed by atoms with van der Waals surface area (Å²) in [6.07, 6.45) is 9.36. The molecule has 118 valence electrons. The minimum atomic E-state index is 0.0180. The van der Waals surface area contributed by atoms with Gasteiger partial charge in [0.1, 0.15) is 0 Å². The predicted molar refractivity (Wildman–Crippen MR) is 87.1 cm³/mol. The number of aromatic nitrogens is 4. The molecule has 0 radical (unpaired) electrons. The van der Waals surface area contributed by atoms with Gasteiger partial charge in [-0.1, -0.05) is 12.1 Å². The van der Waals surface area contributed by atoms with Crippen LogP contribution in [0.3, 0.4) is 0 Å². The van der Waals surface area contributed by atoms with Crippen LogP contribution in [0.5, 0.6) is 0 Å². The van der Waals surface area contributed by atoms with Crippen LogP contribution in [0.15, 0.2) is 61.4 Å². The molecule has 2 aromatic heterocycles. The van der Waals surface area contributed by atoms with Crippen LogP contribution in [0.2, 0.25) is 0 Å². The van der Waals surface area contributed by atoms with Gasteiger partial charge in [0.15, 0.2) is 0 Å². The predicted octanol–water partition coefficient (Wildman–Crippen LogP) is 1.82. The molecule has 1 amide bonds. The molecule has 0 aliphatic rings. The average molecular weight is 309 g/mol. The maximum atomic E-state index is 12.1. The van der Waals surface area contributed by atoms with Crippen LogP contribution in [-0.4, -0.2) is 31.3 Å². The molecule has 1 N–H and O–H groups in total. The van der Waals surface area contributed by atoms with E-state index in [4.69, 9.17) is 0 Å². The summed E-state index contributed by atoms with van der Waals surface area (Å²) in [6, 6.07) is 9.77. The van der Waals surface area contributed by atoms with Crippen molar-refractivity contribution in [3.05, 3.63) is 67.0 Å². The molecule has 6 heteroatoms. The molecule has 1 unspecified atom stereocenters. The highest BCUT2D eigenvalue weighted by atomic mass is 16.1. The molecule has 0 bridgehead atoms. The van der Waals surface area contributed by atoms with Gasteiger partial charge in [0.2, 0.25) is 5.91 Å². The van der Waals surface area contributed by atoms with Crippen molar-refractivity contribution in [1.29, 1.82) is 0 Å². The summed E-state index contributed by atoms with van der Waals surface area (Å²) in [5, 5.41) is 7.19. The van der Waals surface area contributed by atoms with E-state index >= 15 is 0 Å². The monoisotopic (exact) mass is 309 g/mol. The van der Waals surface area contributed by atoms with Gasteiger partial charge in [-0.05, 0) is 30.7 Å². The second-order valence-electron chi connectivity index (χ2n) is 5.52. The van der Waals surface area contributed by atoms with Gasteiger partial charge < -0.3 is 9.88 Å². The van der Waals surface area contributed by atoms with E-state index < -0.39 is 0 Å². The minimum absolute atomic E-state index is 0.0180. The van der Waals surface area contributed by atoms with Crippen molar-refractivity contribution in [2.24, 2.45) is 0 Å². The van der Waals surface area contributed by atoms with E-state index in [1.165, 1.54) is 0 Å². The second kappa shape index (κ2) is 6.91. The van der Waals surface area contributed by atoms with Crippen molar-refractivity contribution >= 4 is 5.91 Å². The Morgan fingerprint density at radius 3 is 2.70 bits per heavy atom. The first-order chi connectivity index (χ1) is 11.2. The average Bonchev–Trinajstić information content (AvgIpc) is 3.20. The van der Waals surface area contributed by atoms with Crippen molar-refractivity contribution in [2.75, 3.05) is 0 Å². The number of hydrogen-bond acceptors (Lipinski definition) is 3. The van der Waals surface area contributed by atoms with Crippen molar-refractivity contribution in [3.63, 3.8) is 0 Å². The van der Waals surface area contributed by atoms with Gasteiger partial charge in [-0.25, -0.2) is 9.67 Å². The Bertz CT molecular complexity index is 732. The molecule has 6 nitrogen and oxygen atoms in total. The summed E-state index contributed by atoms with van der Waals surface area (Å²) in [6.45, 7) is 2.70. The first-order valence-electron chi connectivity index (χ1n) is 7.55.